The van der Waals surface area contributed by atoms with Crippen molar-refractivity contribution in [3.63, 3.8) is 0 Å². The van der Waals surface area contributed by atoms with Gasteiger partial charge in [-0.25, -0.2) is 0 Å². The summed E-state index contributed by atoms with van der Waals surface area (Å²) in [6, 6.07) is 9.16. The monoisotopic (exact) mass is 230 g/mol. The summed E-state index contributed by atoms with van der Waals surface area (Å²) in [5.41, 5.74) is 0.885. The van der Waals surface area contributed by atoms with Crippen molar-refractivity contribution in [1.82, 2.24) is 0 Å². The number of benzene rings is 1. The SMILES string of the molecule is C=CP(Cc1ccccc1)S(=O)(=O)O. The molecular formula is C9H11O3PS. The Bertz CT molecular complexity index is 399. The summed E-state index contributed by atoms with van der Waals surface area (Å²) in [5.74, 6) is 1.30. The highest BCUT2D eigenvalue weighted by Gasteiger charge is 2.18. The first kappa shape index (κ1) is 11.4. The fraction of sp³-hybridized carbons (Fsp3) is 0.111. The smallest absolute Gasteiger partial charge is 0.282 e. The van der Waals surface area contributed by atoms with Crippen LogP contribution in [0, 0.1) is 0 Å². The van der Waals surface area contributed by atoms with Crippen LogP contribution in [-0.2, 0) is 15.9 Å². The lowest BCUT2D eigenvalue weighted by molar-refractivity contribution is 0.501. The molecule has 14 heavy (non-hydrogen) atoms. The van der Waals surface area contributed by atoms with E-state index >= 15 is 0 Å². The van der Waals surface area contributed by atoms with Crippen LogP contribution in [0.25, 0.3) is 0 Å². The van der Waals surface area contributed by atoms with Crippen molar-refractivity contribution in [3.8, 4) is 0 Å². The molecule has 5 heteroatoms. The summed E-state index contributed by atoms with van der Waals surface area (Å²) in [4.78, 5) is 0. The lowest BCUT2D eigenvalue weighted by Gasteiger charge is -2.08. The molecule has 3 nitrogen and oxygen atoms in total. The molecule has 1 N–H and O–H groups in total. The minimum Gasteiger partial charge on any atom is -0.282 e. The Morgan fingerprint density at radius 1 is 1.36 bits per heavy atom. The maximum absolute atomic E-state index is 10.9. The Hall–Kier alpha value is -0.700. The van der Waals surface area contributed by atoms with Gasteiger partial charge in [0.25, 0.3) is 9.74 Å². The molecule has 0 amide bonds. The van der Waals surface area contributed by atoms with Crippen molar-refractivity contribution < 1.29 is 13.0 Å². The van der Waals surface area contributed by atoms with Crippen LogP contribution in [0.1, 0.15) is 5.56 Å². The zero-order chi connectivity index (χ0) is 10.6. The molecule has 1 atom stereocenters. The largest absolute Gasteiger partial charge is 0.285 e. The second-order valence-corrected chi connectivity index (χ2v) is 7.89. The summed E-state index contributed by atoms with van der Waals surface area (Å²) in [6.45, 7) is 3.41. The molecule has 1 rings (SSSR count). The van der Waals surface area contributed by atoms with E-state index < -0.39 is 16.9 Å². The van der Waals surface area contributed by atoms with E-state index in [-0.39, 0.29) is 0 Å². The highest BCUT2D eigenvalue weighted by Crippen LogP contribution is 2.46. The summed E-state index contributed by atoms with van der Waals surface area (Å²) < 4.78 is 30.6. The molecule has 0 aliphatic carbocycles. The summed E-state index contributed by atoms with van der Waals surface area (Å²) in [5, 5.41) is 0. The predicted molar refractivity (Wildman–Crippen MR) is 58.8 cm³/mol. The van der Waals surface area contributed by atoms with E-state index in [1.807, 2.05) is 30.3 Å². The number of rotatable bonds is 4. The van der Waals surface area contributed by atoms with Crippen LogP contribution < -0.4 is 0 Å². The van der Waals surface area contributed by atoms with Gasteiger partial charge in [0.05, 0.1) is 7.12 Å². The Morgan fingerprint density at radius 3 is 2.36 bits per heavy atom. The topological polar surface area (TPSA) is 54.4 Å². The van der Waals surface area contributed by atoms with Gasteiger partial charge in [-0.15, -0.1) is 0 Å². The fourth-order valence-corrected chi connectivity index (χ4v) is 3.56. The van der Waals surface area contributed by atoms with Gasteiger partial charge < -0.3 is 0 Å². The van der Waals surface area contributed by atoms with Crippen LogP contribution in [0.15, 0.2) is 42.7 Å². The molecule has 76 valence electrons. The van der Waals surface area contributed by atoms with Crippen LogP contribution in [-0.4, -0.2) is 13.0 Å². The van der Waals surface area contributed by atoms with E-state index in [1.165, 1.54) is 5.82 Å². The first-order chi connectivity index (χ1) is 6.54. The van der Waals surface area contributed by atoms with Crippen LogP contribution >= 0.6 is 7.12 Å². The molecule has 0 aromatic heterocycles. The Balaban J connectivity index is 2.82. The molecule has 0 saturated carbocycles. The molecule has 0 fully saturated rings. The van der Waals surface area contributed by atoms with Gasteiger partial charge in [-0.2, -0.15) is 8.42 Å². The van der Waals surface area contributed by atoms with Gasteiger partial charge in [0, 0.05) is 6.16 Å². The van der Waals surface area contributed by atoms with E-state index in [4.69, 9.17) is 4.55 Å². The number of hydrogen-bond acceptors (Lipinski definition) is 2. The lowest BCUT2D eigenvalue weighted by atomic mass is 10.2. The van der Waals surface area contributed by atoms with Gasteiger partial charge in [-0.1, -0.05) is 42.7 Å². The standard InChI is InChI=1S/C9H11O3PS/c1-2-13(14(10,11)12)8-9-6-4-3-5-7-9/h2-7H,1,8H2,(H,10,11,12). The maximum atomic E-state index is 10.9. The Kier molecular flexibility index (Phi) is 3.81. The number of hydrogen-bond donors (Lipinski definition) is 1. The first-order valence-corrected chi connectivity index (χ1v) is 7.59. The van der Waals surface area contributed by atoms with E-state index in [2.05, 4.69) is 6.58 Å². The van der Waals surface area contributed by atoms with Crippen molar-refractivity contribution in [2.24, 2.45) is 0 Å². The van der Waals surface area contributed by atoms with Gasteiger partial charge in [0.15, 0.2) is 0 Å². The molecular weight excluding hydrogens is 219 g/mol. The first-order valence-electron chi connectivity index (χ1n) is 3.95. The molecule has 0 bridgehead atoms. The van der Waals surface area contributed by atoms with E-state index in [0.29, 0.717) is 6.16 Å². The average Bonchev–Trinajstić information content (AvgIpc) is 2.14. The van der Waals surface area contributed by atoms with Crippen molar-refractivity contribution in [1.29, 1.82) is 0 Å². The van der Waals surface area contributed by atoms with Crippen LogP contribution in [0.3, 0.4) is 0 Å². The van der Waals surface area contributed by atoms with Gasteiger partial charge in [-0.05, 0) is 5.56 Å². The molecule has 0 aliphatic rings. The van der Waals surface area contributed by atoms with E-state index in [1.54, 1.807) is 0 Å². The highest BCUT2D eigenvalue weighted by atomic mass is 32.8. The van der Waals surface area contributed by atoms with Gasteiger partial charge >= 0.3 is 0 Å². The fourth-order valence-electron chi connectivity index (χ4n) is 1.00. The van der Waals surface area contributed by atoms with Gasteiger partial charge in [-0.3, -0.25) is 4.55 Å². The molecule has 0 heterocycles. The summed E-state index contributed by atoms with van der Waals surface area (Å²) >= 11 is 0. The van der Waals surface area contributed by atoms with Crippen molar-refractivity contribution in [2.45, 2.75) is 6.16 Å². The van der Waals surface area contributed by atoms with Crippen molar-refractivity contribution in [2.75, 3.05) is 0 Å². The third-order valence-electron chi connectivity index (χ3n) is 1.68. The zero-order valence-corrected chi connectivity index (χ0v) is 9.21. The van der Waals surface area contributed by atoms with Crippen LogP contribution in [0.5, 0.6) is 0 Å². The lowest BCUT2D eigenvalue weighted by Crippen LogP contribution is -1.95. The second kappa shape index (κ2) is 4.69. The Morgan fingerprint density at radius 2 is 1.93 bits per heavy atom. The molecule has 0 radical (unpaired) electrons. The van der Waals surface area contributed by atoms with Gasteiger partial charge in [0.1, 0.15) is 0 Å². The maximum Gasteiger partial charge on any atom is 0.285 e. The second-order valence-electron chi connectivity index (χ2n) is 2.69. The van der Waals surface area contributed by atoms with Crippen molar-refractivity contribution in [3.05, 3.63) is 48.3 Å². The highest BCUT2D eigenvalue weighted by molar-refractivity contribution is 8.48. The van der Waals surface area contributed by atoms with E-state index in [0.717, 1.165) is 5.56 Å². The summed E-state index contributed by atoms with van der Waals surface area (Å²) in [6.07, 6.45) is 0.318. The predicted octanol–water partition coefficient (Wildman–Crippen LogP) is 2.61. The molecule has 1 aromatic carbocycles. The van der Waals surface area contributed by atoms with Crippen LogP contribution in [0.4, 0.5) is 0 Å². The van der Waals surface area contributed by atoms with Crippen molar-refractivity contribution >= 4 is 16.9 Å². The van der Waals surface area contributed by atoms with Crippen LogP contribution in [0.2, 0.25) is 0 Å². The van der Waals surface area contributed by atoms with E-state index in [9.17, 15) is 8.42 Å². The molecule has 1 unspecified atom stereocenters. The van der Waals surface area contributed by atoms with Gasteiger partial charge in [0.2, 0.25) is 0 Å². The third kappa shape index (κ3) is 3.22. The normalized spacial score (nSPS) is 13.5. The quantitative estimate of drug-likeness (QED) is 0.639. The summed E-state index contributed by atoms with van der Waals surface area (Å²) in [7, 11) is -5.55. The minimum atomic E-state index is -3.97. The molecule has 0 saturated heterocycles. The Labute approximate surface area is 84.7 Å². The third-order valence-corrected chi connectivity index (χ3v) is 5.97. The minimum absolute atomic E-state index is 0.318. The molecule has 1 aromatic rings. The molecule has 0 aliphatic heterocycles. The molecule has 0 spiro atoms. The zero-order valence-electron chi connectivity index (χ0n) is 7.50. The average molecular weight is 230 g/mol.